The summed E-state index contributed by atoms with van der Waals surface area (Å²) in [5.41, 5.74) is 2.11. The molecule has 0 spiro atoms. The number of allylic oxidation sites excluding steroid dienone is 1. The Labute approximate surface area is 131 Å². The van der Waals surface area contributed by atoms with Gasteiger partial charge in [0.1, 0.15) is 0 Å². The SMILES string of the molecule is O=C(NCCC1=CCCC1)Nc1ccc(C(=O)O)cc1Br. The first-order chi connectivity index (χ1) is 10.1. The largest absolute Gasteiger partial charge is 0.478 e. The summed E-state index contributed by atoms with van der Waals surface area (Å²) >= 11 is 3.25. The number of aromatic carboxylic acids is 1. The molecular weight excluding hydrogens is 336 g/mol. The van der Waals surface area contributed by atoms with Gasteiger partial charge in [-0.25, -0.2) is 9.59 Å². The predicted octanol–water partition coefficient (Wildman–Crippen LogP) is 3.77. The monoisotopic (exact) mass is 352 g/mol. The summed E-state index contributed by atoms with van der Waals surface area (Å²) in [5.74, 6) is -1.00. The summed E-state index contributed by atoms with van der Waals surface area (Å²) in [5, 5.41) is 14.4. The fourth-order valence-electron chi connectivity index (χ4n) is 2.22. The molecule has 0 saturated heterocycles. The highest BCUT2D eigenvalue weighted by atomic mass is 79.9. The van der Waals surface area contributed by atoms with Crippen LogP contribution >= 0.6 is 15.9 Å². The maximum atomic E-state index is 11.8. The van der Waals surface area contributed by atoms with Crippen LogP contribution in [0.15, 0.2) is 34.3 Å². The van der Waals surface area contributed by atoms with Crippen molar-refractivity contribution in [1.29, 1.82) is 0 Å². The van der Waals surface area contributed by atoms with E-state index in [0.29, 0.717) is 16.7 Å². The molecule has 1 aromatic carbocycles. The van der Waals surface area contributed by atoms with Gasteiger partial charge in [-0.3, -0.25) is 0 Å². The van der Waals surface area contributed by atoms with E-state index in [4.69, 9.17) is 5.11 Å². The fourth-order valence-corrected chi connectivity index (χ4v) is 2.69. The number of carbonyl (C=O) groups is 2. The molecule has 0 aromatic heterocycles. The second-order valence-corrected chi connectivity index (χ2v) is 5.74. The Kier molecular flexibility index (Phi) is 5.38. The zero-order valence-electron chi connectivity index (χ0n) is 11.5. The van der Waals surface area contributed by atoms with Crippen LogP contribution in [-0.4, -0.2) is 23.7 Å². The molecule has 0 fully saturated rings. The third-order valence-corrected chi connectivity index (χ3v) is 3.99. The van der Waals surface area contributed by atoms with Gasteiger partial charge in [-0.2, -0.15) is 0 Å². The number of rotatable bonds is 5. The maximum absolute atomic E-state index is 11.8. The van der Waals surface area contributed by atoms with E-state index in [2.05, 4.69) is 32.6 Å². The highest BCUT2D eigenvalue weighted by molar-refractivity contribution is 9.10. The van der Waals surface area contributed by atoms with Crippen molar-refractivity contribution in [2.45, 2.75) is 25.7 Å². The van der Waals surface area contributed by atoms with Gasteiger partial charge in [0, 0.05) is 11.0 Å². The Hall–Kier alpha value is -1.82. The summed E-state index contributed by atoms with van der Waals surface area (Å²) in [7, 11) is 0. The lowest BCUT2D eigenvalue weighted by Crippen LogP contribution is -2.29. The molecule has 0 aliphatic heterocycles. The molecule has 0 saturated carbocycles. The predicted molar refractivity (Wildman–Crippen MR) is 84.7 cm³/mol. The quantitative estimate of drug-likeness (QED) is 0.705. The number of halogens is 1. The molecule has 112 valence electrons. The number of nitrogens with one attached hydrogen (secondary N) is 2. The van der Waals surface area contributed by atoms with Crippen molar-refractivity contribution in [1.82, 2.24) is 5.32 Å². The number of amides is 2. The van der Waals surface area contributed by atoms with Crippen LogP contribution in [0.2, 0.25) is 0 Å². The molecule has 3 N–H and O–H groups in total. The highest BCUT2D eigenvalue weighted by Crippen LogP contribution is 2.23. The molecule has 2 amide bonds. The molecule has 0 radical (unpaired) electrons. The normalized spacial score (nSPS) is 13.7. The van der Waals surface area contributed by atoms with Gasteiger partial charge < -0.3 is 15.7 Å². The Morgan fingerprint density at radius 2 is 2.14 bits per heavy atom. The number of carboxylic acids is 1. The van der Waals surface area contributed by atoms with Crippen molar-refractivity contribution < 1.29 is 14.7 Å². The molecule has 0 atom stereocenters. The third-order valence-electron chi connectivity index (χ3n) is 3.33. The number of anilines is 1. The second-order valence-electron chi connectivity index (χ2n) is 4.89. The van der Waals surface area contributed by atoms with Gasteiger partial charge in [0.25, 0.3) is 0 Å². The average molecular weight is 353 g/mol. The van der Waals surface area contributed by atoms with Crippen LogP contribution in [0.3, 0.4) is 0 Å². The standard InChI is InChI=1S/C15H17BrN2O3/c16-12-9-11(14(19)20)5-6-13(12)18-15(21)17-8-7-10-3-1-2-4-10/h3,5-6,9H,1-2,4,7-8H2,(H,19,20)(H2,17,18,21). The van der Waals surface area contributed by atoms with E-state index in [1.165, 1.54) is 24.1 Å². The highest BCUT2D eigenvalue weighted by Gasteiger charge is 2.09. The Balaban J connectivity index is 1.83. The molecule has 21 heavy (non-hydrogen) atoms. The lowest BCUT2D eigenvalue weighted by molar-refractivity contribution is 0.0697. The van der Waals surface area contributed by atoms with Crippen LogP contribution in [0.1, 0.15) is 36.0 Å². The zero-order valence-corrected chi connectivity index (χ0v) is 13.1. The number of hydrogen-bond acceptors (Lipinski definition) is 2. The van der Waals surface area contributed by atoms with Crippen molar-refractivity contribution in [3.63, 3.8) is 0 Å². The van der Waals surface area contributed by atoms with E-state index in [1.807, 2.05) is 0 Å². The number of benzene rings is 1. The van der Waals surface area contributed by atoms with Crippen LogP contribution in [0, 0.1) is 0 Å². The van der Waals surface area contributed by atoms with Gasteiger partial charge in [0.2, 0.25) is 0 Å². The molecule has 1 aliphatic rings. The van der Waals surface area contributed by atoms with Crippen molar-refractivity contribution in [3.8, 4) is 0 Å². The molecule has 5 nitrogen and oxygen atoms in total. The van der Waals surface area contributed by atoms with E-state index in [0.717, 1.165) is 19.3 Å². The van der Waals surface area contributed by atoms with Gasteiger partial charge in [0.15, 0.2) is 0 Å². The number of hydrogen-bond donors (Lipinski definition) is 3. The van der Waals surface area contributed by atoms with E-state index in [9.17, 15) is 9.59 Å². The zero-order chi connectivity index (χ0) is 15.2. The number of urea groups is 1. The lowest BCUT2D eigenvalue weighted by atomic mass is 10.2. The van der Waals surface area contributed by atoms with E-state index in [-0.39, 0.29) is 11.6 Å². The van der Waals surface area contributed by atoms with E-state index in [1.54, 1.807) is 6.07 Å². The number of carbonyl (C=O) groups excluding carboxylic acids is 1. The van der Waals surface area contributed by atoms with Crippen molar-refractivity contribution in [3.05, 3.63) is 39.9 Å². The third kappa shape index (κ3) is 4.60. The molecule has 1 aliphatic carbocycles. The minimum Gasteiger partial charge on any atom is -0.478 e. The Morgan fingerprint density at radius 3 is 2.76 bits per heavy atom. The summed E-state index contributed by atoms with van der Waals surface area (Å²) in [6.45, 7) is 0.600. The molecule has 0 bridgehead atoms. The summed E-state index contributed by atoms with van der Waals surface area (Å²) < 4.78 is 0.538. The summed E-state index contributed by atoms with van der Waals surface area (Å²) in [4.78, 5) is 22.6. The first-order valence-corrected chi connectivity index (χ1v) is 7.61. The topological polar surface area (TPSA) is 78.4 Å². The number of carboxylic acid groups (broad SMARTS) is 1. The van der Waals surface area contributed by atoms with Crippen molar-refractivity contribution >= 4 is 33.6 Å². The maximum Gasteiger partial charge on any atom is 0.335 e. The molecule has 2 rings (SSSR count). The van der Waals surface area contributed by atoms with Gasteiger partial charge in [0.05, 0.1) is 11.3 Å². The van der Waals surface area contributed by atoms with Crippen LogP contribution in [-0.2, 0) is 0 Å². The van der Waals surface area contributed by atoms with Gasteiger partial charge >= 0.3 is 12.0 Å². The summed E-state index contributed by atoms with van der Waals surface area (Å²) in [6.07, 6.45) is 6.60. The molecule has 0 heterocycles. The van der Waals surface area contributed by atoms with Crippen molar-refractivity contribution in [2.24, 2.45) is 0 Å². The molecule has 0 unspecified atom stereocenters. The molecule has 6 heteroatoms. The van der Waals surface area contributed by atoms with Gasteiger partial charge in [-0.15, -0.1) is 0 Å². The Bertz CT molecular complexity index is 584. The molecular formula is C15H17BrN2O3. The van der Waals surface area contributed by atoms with E-state index >= 15 is 0 Å². The Morgan fingerprint density at radius 1 is 1.33 bits per heavy atom. The van der Waals surface area contributed by atoms with Gasteiger partial charge in [-0.05, 0) is 59.8 Å². The van der Waals surface area contributed by atoms with E-state index < -0.39 is 5.97 Å². The van der Waals surface area contributed by atoms with Crippen LogP contribution in [0.4, 0.5) is 10.5 Å². The smallest absolute Gasteiger partial charge is 0.335 e. The lowest BCUT2D eigenvalue weighted by Gasteiger charge is -2.10. The first kappa shape index (κ1) is 15.6. The van der Waals surface area contributed by atoms with Crippen LogP contribution < -0.4 is 10.6 Å². The second kappa shape index (κ2) is 7.26. The fraction of sp³-hybridized carbons (Fsp3) is 0.333. The van der Waals surface area contributed by atoms with Crippen molar-refractivity contribution in [2.75, 3.05) is 11.9 Å². The first-order valence-electron chi connectivity index (χ1n) is 6.82. The van der Waals surface area contributed by atoms with Crippen LogP contribution in [0.25, 0.3) is 0 Å². The average Bonchev–Trinajstić information content (AvgIpc) is 2.94. The molecule has 1 aromatic rings. The minimum atomic E-state index is -1.00. The minimum absolute atomic E-state index is 0.168. The summed E-state index contributed by atoms with van der Waals surface area (Å²) in [6, 6.07) is 4.18. The van der Waals surface area contributed by atoms with Crippen LogP contribution in [0.5, 0.6) is 0 Å². The van der Waals surface area contributed by atoms with Gasteiger partial charge in [-0.1, -0.05) is 11.6 Å².